The molecule has 0 saturated carbocycles. The Morgan fingerprint density at radius 3 is 2.53 bits per heavy atom. The molecule has 0 unspecified atom stereocenters. The fourth-order valence-electron chi connectivity index (χ4n) is 5.87. The van der Waals surface area contributed by atoms with E-state index in [-0.39, 0.29) is 55.8 Å². The first-order chi connectivity index (χ1) is 22.7. The Morgan fingerprint density at radius 2 is 1.72 bits per heavy atom. The maximum atomic E-state index is 13.7. The number of hydrogen-bond acceptors (Lipinski definition) is 7. The molecule has 3 heterocycles. The van der Waals surface area contributed by atoms with Crippen LogP contribution in [-0.4, -0.2) is 72.3 Å². The first-order valence-electron chi connectivity index (χ1n) is 16.0. The van der Waals surface area contributed by atoms with Crippen molar-refractivity contribution in [1.82, 2.24) is 25.8 Å². The molecule has 4 amide bonds. The number of aromatic nitrogens is 1. The summed E-state index contributed by atoms with van der Waals surface area (Å²) in [6.07, 6.45) is 4.28. The number of carbonyl (C=O) groups is 4. The highest BCUT2D eigenvalue weighted by Crippen LogP contribution is 2.30. The van der Waals surface area contributed by atoms with Gasteiger partial charge in [0.2, 0.25) is 17.7 Å². The van der Waals surface area contributed by atoms with Gasteiger partial charge in [-0.05, 0) is 61.6 Å². The van der Waals surface area contributed by atoms with Gasteiger partial charge in [0.15, 0.2) is 0 Å². The summed E-state index contributed by atoms with van der Waals surface area (Å²) in [7, 11) is 0. The standard InChI is InChI=1S/C36H42N6O5/c1-23-18-24(2)33-27(22-47-34(33)25(23)3)20-32(44)42-16-7-10-31(43)39-14-13-37-28-11-12-38-29(21-28)36(46)41-30(35(45)40-15-17-42)19-26-8-5-4-6-9-26/h4-6,8-9,11-12,18,21-22,30,37H,7,10,13-17,19-20H2,1-3H3,(H,39,43)(H,40,45)(H,41,46)/t30-/m0/s1. The van der Waals surface area contributed by atoms with E-state index in [2.05, 4.69) is 32.3 Å². The van der Waals surface area contributed by atoms with Crippen LogP contribution in [0.15, 0.2) is 65.4 Å². The van der Waals surface area contributed by atoms with Gasteiger partial charge < -0.3 is 30.6 Å². The Morgan fingerprint density at radius 1 is 0.936 bits per heavy atom. The second-order valence-corrected chi connectivity index (χ2v) is 12.0. The molecular formula is C36H42N6O5. The van der Waals surface area contributed by atoms with Gasteiger partial charge in [0.25, 0.3) is 5.91 Å². The highest BCUT2D eigenvalue weighted by atomic mass is 16.3. The van der Waals surface area contributed by atoms with Crippen LogP contribution in [0.4, 0.5) is 5.69 Å². The van der Waals surface area contributed by atoms with E-state index in [4.69, 9.17) is 4.42 Å². The summed E-state index contributed by atoms with van der Waals surface area (Å²) in [5.74, 6) is -1.11. The third-order valence-electron chi connectivity index (χ3n) is 8.51. The molecule has 0 saturated heterocycles. The van der Waals surface area contributed by atoms with Gasteiger partial charge in [-0.25, -0.2) is 0 Å². The summed E-state index contributed by atoms with van der Waals surface area (Å²) >= 11 is 0. The lowest BCUT2D eigenvalue weighted by molar-refractivity contribution is -0.131. The average Bonchev–Trinajstić information content (AvgIpc) is 3.49. The minimum absolute atomic E-state index is 0.119. The van der Waals surface area contributed by atoms with Crippen molar-refractivity contribution in [2.45, 2.75) is 52.5 Å². The molecule has 0 aliphatic carbocycles. The fraction of sp³-hybridized carbons (Fsp3) is 0.361. The third-order valence-corrected chi connectivity index (χ3v) is 8.51. The predicted octanol–water partition coefficient (Wildman–Crippen LogP) is 3.60. The van der Waals surface area contributed by atoms with Crippen molar-refractivity contribution in [1.29, 1.82) is 0 Å². The molecular weight excluding hydrogens is 596 g/mol. The third kappa shape index (κ3) is 8.55. The molecule has 11 nitrogen and oxygen atoms in total. The van der Waals surface area contributed by atoms with Crippen molar-refractivity contribution >= 4 is 40.3 Å². The number of anilines is 1. The monoisotopic (exact) mass is 638 g/mol. The van der Waals surface area contributed by atoms with Crippen molar-refractivity contribution in [3.8, 4) is 0 Å². The number of fused-ring (bicyclic) bond motifs is 3. The second kappa shape index (κ2) is 15.4. The van der Waals surface area contributed by atoms with Crippen molar-refractivity contribution in [3.63, 3.8) is 0 Å². The number of furan rings is 1. The SMILES string of the molecule is Cc1cc(C)c2c(CC(=O)N3CCCC(=O)NCCNc4ccnc(c4)C(=O)N[C@@H](Cc4ccccc4)C(=O)NCC3)coc2c1C. The van der Waals surface area contributed by atoms with E-state index in [0.717, 1.165) is 38.8 Å². The van der Waals surface area contributed by atoms with Crippen LogP contribution in [0.2, 0.25) is 0 Å². The summed E-state index contributed by atoms with van der Waals surface area (Å²) in [6.45, 7) is 7.63. The Bertz CT molecular complexity index is 1750. The number of rotatable bonds is 4. The summed E-state index contributed by atoms with van der Waals surface area (Å²) in [5.41, 5.74) is 6.51. The van der Waals surface area contributed by atoms with Crippen LogP contribution in [-0.2, 0) is 27.2 Å². The lowest BCUT2D eigenvalue weighted by Gasteiger charge is -2.24. The Hall–Kier alpha value is -5.19. The molecule has 4 N–H and O–H groups in total. The van der Waals surface area contributed by atoms with Crippen LogP contribution in [0.1, 0.15) is 51.1 Å². The van der Waals surface area contributed by atoms with Crippen LogP contribution < -0.4 is 21.3 Å². The molecule has 0 radical (unpaired) electrons. The lowest BCUT2D eigenvalue weighted by Crippen LogP contribution is -2.50. The average molecular weight is 639 g/mol. The van der Waals surface area contributed by atoms with E-state index in [1.165, 1.54) is 6.20 Å². The van der Waals surface area contributed by atoms with Crippen LogP contribution in [0.3, 0.4) is 0 Å². The van der Waals surface area contributed by atoms with E-state index >= 15 is 0 Å². The van der Waals surface area contributed by atoms with E-state index < -0.39 is 11.9 Å². The number of aryl methyl sites for hydroxylation is 3. The topological polar surface area (TPSA) is 146 Å². The number of carbonyl (C=O) groups excluding carboxylic acids is 4. The summed E-state index contributed by atoms with van der Waals surface area (Å²) in [4.78, 5) is 59.0. The molecule has 1 aliphatic heterocycles. The Balaban J connectivity index is 1.34. The van der Waals surface area contributed by atoms with Crippen molar-refractivity contribution in [2.75, 3.05) is 38.0 Å². The van der Waals surface area contributed by atoms with E-state index in [1.54, 1.807) is 23.3 Å². The minimum Gasteiger partial charge on any atom is -0.464 e. The molecule has 2 aromatic carbocycles. The van der Waals surface area contributed by atoms with Gasteiger partial charge in [-0.15, -0.1) is 0 Å². The molecule has 47 heavy (non-hydrogen) atoms. The molecule has 1 aliphatic rings. The molecule has 2 aromatic heterocycles. The number of nitrogens with one attached hydrogen (secondary N) is 4. The second-order valence-electron chi connectivity index (χ2n) is 12.0. The van der Waals surface area contributed by atoms with Gasteiger partial charge in [-0.3, -0.25) is 24.2 Å². The number of amides is 4. The van der Waals surface area contributed by atoms with Crippen molar-refractivity contribution in [2.24, 2.45) is 0 Å². The van der Waals surface area contributed by atoms with E-state index in [9.17, 15) is 19.2 Å². The van der Waals surface area contributed by atoms with Gasteiger partial charge in [-0.2, -0.15) is 0 Å². The summed E-state index contributed by atoms with van der Waals surface area (Å²) in [5, 5.41) is 12.8. The first-order valence-corrected chi connectivity index (χ1v) is 16.0. The lowest BCUT2D eigenvalue weighted by atomic mass is 9.98. The van der Waals surface area contributed by atoms with E-state index in [1.807, 2.05) is 51.1 Å². The smallest absolute Gasteiger partial charge is 0.270 e. The predicted molar refractivity (Wildman–Crippen MR) is 180 cm³/mol. The first kappa shape index (κ1) is 33.2. The zero-order valence-electron chi connectivity index (χ0n) is 27.2. The zero-order chi connectivity index (χ0) is 33.3. The summed E-state index contributed by atoms with van der Waals surface area (Å²) in [6, 6.07) is 14.0. The molecule has 0 fully saturated rings. The largest absolute Gasteiger partial charge is 0.464 e. The maximum absolute atomic E-state index is 13.7. The molecule has 11 heteroatoms. The molecule has 2 bridgehead atoms. The number of hydrogen-bond donors (Lipinski definition) is 4. The number of pyridine rings is 1. The number of benzene rings is 2. The highest BCUT2D eigenvalue weighted by molar-refractivity contribution is 5.97. The Kier molecular flexibility index (Phi) is 10.9. The van der Waals surface area contributed by atoms with Crippen LogP contribution >= 0.6 is 0 Å². The van der Waals surface area contributed by atoms with Gasteiger partial charge >= 0.3 is 0 Å². The van der Waals surface area contributed by atoms with Gasteiger partial charge in [0.05, 0.1) is 12.7 Å². The van der Waals surface area contributed by atoms with Crippen molar-refractivity contribution in [3.05, 3.63) is 94.5 Å². The highest BCUT2D eigenvalue weighted by Gasteiger charge is 2.24. The maximum Gasteiger partial charge on any atom is 0.270 e. The zero-order valence-corrected chi connectivity index (χ0v) is 27.2. The fourth-order valence-corrected chi connectivity index (χ4v) is 5.87. The molecule has 0 spiro atoms. The minimum atomic E-state index is -0.872. The molecule has 1 atom stereocenters. The van der Waals surface area contributed by atoms with Gasteiger partial charge in [0, 0.05) is 68.4 Å². The summed E-state index contributed by atoms with van der Waals surface area (Å²) < 4.78 is 5.90. The van der Waals surface area contributed by atoms with Gasteiger partial charge in [-0.1, -0.05) is 36.4 Å². The quantitative estimate of drug-likeness (QED) is 0.267. The molecule has 246 valence electrons. The molecule has 5 rings (SSSR count). The van der Waals surface area contributed by atoms with Crippen LogP contribution in [0.5, 0.6) is 0 Å². The molecule has 4 aromatic rings. The van der Waals surface area contributed by atoms with Crippen LogP contribution in [0, 0.1) is 20.8 Å². The normalized spacial score (nSPS) is 17.0. The van der Waals surface area contributed by atoms with E-state index in [0.29, 0.717) is 31.7 Å². The van der Waals surface area contributed by atoms with Gasteiger partial charge in [0.1, 0.15) is 17.3 Å². The van der Waals surface area contributed by atoms with Crippen molar-refractivity contribution < 1.29 is 23.6 Å². The van der Waals surface area contributed by atoms with Crippen LogP contribution in [0.25, 0.3) is 11.0 Å². The number of nitrogens with zero attached hydrogens (tertiary/aromatic N) is 2. The Labute approximate surface area is 274 Å².